The van der Waals surface area contributed by atoms with Crippen molar-refractivity contribution in [2.24, 2.45) is 5.92 Å². The lowest BCUT2D eigenvalue weighted by Gasteiger charge is -2.11. The summed E-state index contributed by atoms with van der Waals surface area (Å²) in [4.78, 5) is 21.6. The van der Waals surface area contributed by atoms with Gasteiger partial charge in [0.05, 0.1) is 6.61 Å². The predicted octanol–water partition coefficient (Wildman–Crippen LogP) is 4.17. The minimum Gasteiger partial charge on any atom is -0.481 e. The van der Waals surface area contributed by atoms with Crippen LogP contribution in [0.5, 0.6) is 0 Å². The lowest BCUT2D eigenvalue weighted by Crippen LogP contribution is -2.06. The Morgan fingerprint density at radius 1 is 0.950 bits per heavy atom. The van der Waals surface area contributed by atoms with E-state index in [1.54, 1.807) is 0 Å². The number of carboxylic acids is 1. The maximum absolute atomic E-state index is 11.4. The molecule has 0 aromatic heterocycles. The van der Waals surface area contributed by atoms with Crippen molar-refractivity contribution in [1.82, 2.24) is 0 Å². The van der Waals surface area contributed by atoms with Gasteiger partial charge in [-0.05, 0) is 25.2 Å². The van der Waals surface area contributed by atoms with Gasteiger partial charge >= 0.3 is 11.9 Å². The number of aliphatic carboxylic acids is 1. The Morgan fingerprint density at radius 2 is 1.60 bits per heavy atom. The molecule has 0 atom stereocenters. The van der Waals surface area contributed by atoms with E-state index in [0.29, 0.717) is 25.9 Å². The molecule has 118 valence electrons. The molecule has 0 saturated heterocycles. The molecule has 4 heteroatoms. The number of hydrogen-bond acceptors (Lipinski definition) is 3. The first-order valence-electron chi connectivity index (χ1n) is 7.97. The monoisotopic (exact) mass is 286 g/mol. The SMILES string of the molecule is CCC(CC)CCCCCOC(=O)CCCCC(=O)O. The summed E-state index contributed by atoms with van der Waals surface area (Å²) in [5.41, 5.74) is 0. The maximum atomic E-state index is 11.4. The van der Waals surface area contributed by atoms with Gasteiger partial charge in [0.1, 0.15) is 0 Å². The van der Waals surface area contributed by atoms with E-state index in [-0.39, 0.29) is 12.4 Å². The van der Waals surface area contributed by atoms with Crippen LogP contribution in [0.25, 0.3) is 0 Å². The third-order valence-corrected chi connectivity index (χ3v) is 3.70. The fourth-order valence-electron chi connectivity index (χ4n) is 2.21. The molecule has 0 aliphatic heterocycles. The summed E-state index contributed by atoms with van der Waals surface area (Å²) in [5, 5.41) is 8.46. The minimum atomic E-state index is -0.809. The van der Waals surface area contributed by atoms with Gasteiger partial charge < -0.3 is 9.84 Å². The van der Waals surface area contributed by atoms with Gasteiger partial charge in [0.15, 0.2) is 0 Å². The number of carboxylic acid groups (broad SMARTS) is 1. The van der Waals surface area contributed by atoms with Crippen LogP contribution in [0.2, 0.25) is 0 Å². The average molecular weight is 286 g/mol. The van der Waals surface area contributed by atoms with Crippen LogP contribution < -0.4 is 0 Å². The zero-order chi connectivity index (χ0) is 15.2. The van der Waals surface area contributed by atoms with E-state index in [1.807, 2.05) is 0 Å². The Bertz CT molecular complexity index is 259. The largest absolute Gasteiger partial charge is 0.481 e. The summed E-state index contributed by atoms with van der Waals surface area (Å²) < 4.78 is 5.12. The highest BCUT2D eigenvalue weighted by atomic mass is 16.5. The molecule has 0 fully saturated rings. The molecule has 1 N–H and O–H groups in total. The smallest absolute Gasteiger partial charge is 0.305 e. The molecule has 0 rings (SSSR count). The van der Waals surface area contributed by atoms with E-state index in [0.717, 1.165) is 18.8 Å². The highest BCUT2D eigenvalue weighted by Gasteiger charge is 2.05. The molecule has 0 saturated carbocycles. The Hall–Kier alpha value is -1.06. The van der Waals surface area contributed by atoms with Gasteiger partial charge in [-0.25, -0.2) is 0 Å². The lowest BCUT2D eigenvalue weighted by atomic mass is 9.96. The Balaban J connectivity index is 3.33. The van der Waals surface area contributed by atoms with Crippen molar-refractivity contribution in [3.8, 4) is 0 Å². The number of rotatable bonds is 13. The van der Waals surface area contributed by atoms with E-state index in [9.17, 15) is 9.59 Å². The van der Waals surface area contributed by atoms with Crippen molar-refractivity contribution in [2.45, 2.75) is 78.1 Å². The Kier molecular flexibility index (Phi) is 12.3. The maximum Gasteiger partial charge on any atom is 0.305 e. The number of ether oxygens (including phenoxy) is 1. The second kappa shape index (κ2) is 12.9. The Labute approximate surface area is 122 Å². The van der Waals surface area contributed by atoms with Crippen LogP contribution >= 0.6 is 0 Å². The second-order valence-corrected chi connectivity index (χ2v) is 5.35. The standard InChI is InChI=1S/C16H30O4/c1-3-14(4-2)10-6-5-9-13-20-16(19)12-8-7-11-15(17)18/h14H,3-13H2,1-2H3,(H,17,18). The summed E-state index contributed by atoms with van der Waals surface area (Å²) in [6.45, 7) is 4.97. The predicted molar refractivity (Wildman–Crippen MR) is 79.6 cm³/mol. The molecule has 0 amide bonds. The minimum absolute atomic E-state index is 0.128. The zero-order valence-corrected chi connectivity index (χ0v) is 13.0. The zero-order valence-electron chi connectivity index (χ0n) is 13.0. The van der Waals surface area contributed by atoms with Crippen LogP contribution in [0.15, 0.2) is 0 Å². The average Bonchev–Trinajstić information content (AvgIpc) is 2.42. The molecule has 0 radical (unpaired) electrons. The highest BCUT2D eigenvalue weighted by molar-refractivity contribution is 5.69. The third kappa shape index (κ3) is 12.0. The van der Waals surface area contributed by atoms with Crippen LogP contribution in [0, 0.1) is 5.92 Å². The third-order valence-electron chi connectivity index (χ3n) is 3.70. The number of carbonyl (C=O) groups is 2. The van der Waals surface area contributed by atoms with Gasteiger partial charge in [0, 0.05) is 12.8 Å². The summed E-state index contributed by atoms with van der Waals surface area (Å²) in [6, 6.07) is 0. The molecule has 4 nitrogen and oxygen atoms in total. The molecule has 0 aliphatic rings. The quantitative estimate of drug-likeness (QED) is 0.407. The number of carbonyl (C=O) groups excluding carboxylic acids is 1. The molecule has 0 aromatic carbocycles. The van der Waals surface area contributed by atoms with E-state index in [2.05, 4.69) is 13.8 Å². The molecule has 0 bridgehead atoms. The number of unbranched alkanes of at least 4 members (excludes halogenated alkanes) is 3. The first-order chi connectivity index (χ1) is 9.60. The fraction of sp³-hybridized carbons (Fsp3) is 0.875. The van der Waals surface area contributed by atoms with Gasteiger partial charge in [0.25, 0.3) is 0 Å². The molecule has 0 heterocycles. The number of hydrogen-bond donors (Lipinski definition) is 1. The van der Waals surface area contributed by atoms with Gasteiger partial charge in [-0.1, -0.05) is 46.0 Å². The summed E-state index contributed by atoms with van der Waals surface area (Å²) in [6.07, 6.45) is 8.64. The van der Waals surface area contributed by atoms with E-state index in [1.165, 1.54) is 25.7 Å². The first kappa shape index (κ1) is 18.9. The highest BCUT2D eigenvalue weighted by Crippen LogP contribution is 2.16. The first-order valence-corrected chi connectivity index (χ1v) is 7.97. The summed E-state index contributed by atoms with van der Waals surface area (Å²) in [5.74, 6) is -0.169. The van der Waals surface area contributed by atoms with Crippen molar-refractivity contribution in [3.63, 3.8) is 0 Å². The van der Waals surface area contributed by atoms with Crippen molar-refractivity contribution >= 4 is 11.9 Å². The van der Waals surface area contributed by atoms with Crippen molar-refractivity contribution < 1.29 is 19.4 Å². The van der Waals surface area contributed by atoms with Crippen LogP contribution in [-0.4, -0.2) is 23.7 Å². The Morgan fingerprint density at radius 3 is 2.20 bits per heavy atom. The molecular formula is C16H30O4. The van der Waals surface area contributed by atoms with Crippen LogP contribution in [0.1, 0.15) is 78.1 Å². The van der Waals surface area contributed by atoms with Crippen LogP contribution in [0.4, 0.5) is 0 Å². The molecule has 20 heavy (non-hydrogen) atoms. The van der Waals surface area contributed by atoms with Crippen molar-refractivity contribution in [3.05, 3.63) is 0 Å². The molecule has 0 spiro atoms. The van der Waals surface area contributed by atoms with Gasteiger partial charge in [0.2, 0.25) is 0 Å². The van der Waals surface area contributed by atoms with Crippen LogP contribution in [0.3, 0.4) is 0 Å². The summed E-state index contributed by atoms with van der Waals surface area (Å²) in [7, 11) is 0. The van der Waals surface area contributed by atoms with Gasteiger partial charge in [-0.2, -0.15) is 0 Å². The number of esters is 1. The molecule has 0 aromatic rings. The van der Waals surface area contributed by atoms with Crippen LogP contribution in [-0.2, 0) is 14.3 Å². The summed E-state index contributed by atoms with van der Waals surface area (Å²) >= 11 is 0. The van der Waals surface area contributed by atoms with Crippen molar-refractivity contribution in [2.75, 3.05) is 6.61 Å². The van der Waals surface area contributed by atoms with Gasteiger partial charge in [-0.3, -0.25) is 9.59 Å². The lowest BCUT2D eigenvalue weighted by molar-refractivity contribution is -0.144. The second-order valence-electron chi connectivity index (χ2n) is 5.35. The topological polar surface area (TPSA) is 63.6 Å². The van der Waals surface area contributed by atoms with Crippen molar-refractivity contribution in [1.29, 1.82) is 0 Å². The van der Waals surface area contributed by atoms with Gasteiger partial charge in [-0.15, -0.1) is 0 Å². The van der Waals surface area contributed by atoms with E-state index < -0.39 is 5.97 Å². The van der Waals surface area contributed by atoms with E-state index >= 15 is 0 Å². The fourth-order valence-corrected chi connectivity index (χ4v) is 2.21. The molecule has 0 unspecified atom stereocenters. The normalized spacial score (nSPS) is 10.8. The molecule has 0 aliphatic carbocycles. The molecular weight excluding hydrogens is 256 g/mol. The van der Waals surface area contributed by atoms with E-state index in [4.69, 9.17) is 9.84 Å².